The SMILES string of the molecule is CCOc1cc(CNCCNc2ccc([N+](=O)[O-])cc2Cl)ccc1OCc1ccc(Cl)nc1.Cl.Cl. The molecule has 1 aromatic heterocycles. The van der Waals surface area contributed by atoms with Gasteiger partial charge in [0, 0.05) is 43.5 Å². The van der Waals surface area contributed by atoms with Gasteiger partial charge in [0.15, 0.2) is 11.5 Å². The van der Waals surface area contributed by atoms with Crippen LogP contribution in [0.15, 0.2) is 54.7 Å². The summed E-state index contributed by atoms with van der Waals surface area (Å²) in [7, 11) is 0. The molecule has 2 aromatic carbocycles. The number of aromatic nitrogens is 1. The van der Waals surface area contributed by atoms with Crippen molar-refractivity contribution in [3.8, 4) is 11.5 Å². The maximum absolute atomic E-state index is 10.8. The Kier molecular flexibility index (Phi) is 13.5. The quantitative estimate of drug-likeness (QED) is 0.115. The third kappa shape index (κ3) is 9.58. The topological polar surface area (TPSA) is 98.5 Å². The molecule has 0 saturated heterocycles. The van der Waals surface area contributed by atoms with E-state index in [1.54, 1.807) is 18.3 Å². The van der Waals surface area contributed by atoms with Crippen LogP contribution < -0.4 is 20.1 Å². The number of benzene rings is 2. The Morgan fingerprint density at radius 3 is 2.40 bits per heavy atom. The predicted molar refractivity (Wildman–Crippen MR) is 144 cm³/mol. The Hall–Kier alpha value is -2.49. The molecule has 0 amide bonds. The molecule has 0 aliphatic carbocycles. The van der Waals surface area contributed by atoms with Gasteiger partial charge in [0.1, 0.15) is 11.8 Å². The average Bonchev–Trinajstić information content (AvgIpc) is 2.80. The second-order valence-electron chi connectivity index (χ2n) is 7.02. The van der Waals surface area contributed by atoms with Crippen LogP contribution in [0.2, 0.25) is 10.2 Å². The number of nitro groups is 1. The number of anilines is 1. The van der Waals surface area contributed by atoms with E-state index in [4.69, 9.17) is 32.7 Å². The van der Waals surface area contributed by atoms with Crippen molar-refractivity contribution < 1.29 is 14.4 Å². The largest absolute Gasteiger partial charge is 0.490 e. The van der Waals surface area contributed by atoms with Gasteiger partial charge >= 0.3 is 0 Å². The third-order valence-corrected chi connectivity index (χ3v) is 5.14. The van der Waals surface area contributed by atoms with Gasteiger partial charge in [-0.25, -0.2) is 4.98 Å². The second-order valence-corrected chi connectivity index (χ2v) is 7.81. The fourth-order valence-corrected chi connectivity index (χ4v) is 3.34. The van der Waals surface area contributed by atoms with Gasteiger partial charge in [0.2, 0.25) is 0 Å². The number of nitro benzene ring substituents is 1. The highest BCUT2D eigenvalue weighted by atomic mass is 35.5. The molecule has 0 radical (unpaired) electrons. The molecule has 0 saturated carbocycles. The highest BCUT2D eigenvalue weighted by Crippen LogP contribution is 2.29. The van der Waals surface area contributed by atoms with E-state index in [2.05, 4.69) is 15.6 Å². The molecule has 1 heterocycles. The first-order valence-corrected chi connectivity index (χ1v) is 11.1. The summed E-state index contributed by atoms with van der Waals surface area (Å²) in [4.78, 5) is 14.4. The Morgan fingerprint density at radius 1 is 0.971 bits per heavy atom. The summed E-state index contributed by atoms with van der Waals surface area (Å²) in [6, 6.07) is 13.8. The first-order chi connectivity index (χ1) is 16.0. The number of nitrogens with one attached hydrogen (secondary N) is 2. The van der Waals surface area contributed by atoms with Gasteiger partial charge in [-0.05, 0) is 36.8 Å². The predicted octanol–water partition coefficient (Wildman–Crippen LogP) is 6.32. The van der Waals surface area contributed by atoms with E-state index in [-0.39, 0.29) is 30.5 Å². The van der Waals surface area contributed by atoms with Crippen molar-refractivity contribution in [1.82, 2.24) is 10.3 Å². The van der Waals surface area contributed by atoms with Crippen LogP contribution in [-0.4, -0.2) is 29.6 Å². The number of rotatable bonds is 12. The number of halogens is 4. The molecule has 0 bridgehead atoms. The van der Waals surface area contributed by atoms with Crippen molar-refractivity contribution in [2.45, 2.75) is 20.1 Å². The van der Waals surface area contributed by atoms with Gasteiger partial charge in [-0.15, -0.1) is 24.8 Å². The Bertz CT molecular complexity index is 1090. The van der Waals surface area contributed by atoms with Crippen molar-refractivity contribution in [3.63, 3.8) is 0 Å². The molecule has 12 heteroatoms. The van der Waals surface area contributed by atoms with Crippen LogP contribution in [0.5, 0.6) is 11.5 Å². The lowest BCUT2D eigenvalue weighted by molar-refractivity contribution is -0.384. The molecule has 35 heavy (non-hydrogen) atoms. The molecule has 3 aromatic rings. The van der Waals surface area contributed by atoms with Crippen LogP contribution >= 0.6 is 48.0 Å². The lowest BCUT2D eigenvalue weighted by atomic mass is 10.2. The first-order valence-electron chi connectivity index (χ1n) is 10.3. The van der Waals surface area contributed by atoms with Crippen LogP contribution in [0.4, 0.5) is 11.4 Å². The number of nitrogens with zero attached hydrogens (tertiary/aromatic N) is 2. The lowest BCUT2D eigenvalue weighted by Crippen LogP contribution is -2.22. The van der Waals surface area contributed by atoms with Crippen LogP contribution in [0, 0.1) is 10.1 Å². The Balaban J connectivity index is 0.00000306. The molecule has 8 nitrogen and oxygen atoms in total. The summed E-state index contributed by atoms with van der Waals surface area (Å²) in [6.07, 6.45) is 1.68. The minimum Gasteiger partial charge on any atom is -0.490 e. The first kappa shape index (κ1) is 30.5. The van der Waals surface area contributed by atoms with E-state index >= 15 is 0 Å². The average molecular weight is 564 g/mol. The zero-order valence-electron chi connectivity index (χ0n) is 18.8. The molecular weight excluding hydrogens is 538 g/mol. The number of ether oxygens (including phenoxy) is 2. The zero-order chi connectivity index (χ0) is 23.6. The summed E-state index contributed by atoms with van der Waals surface area (Å²) in [5.74, 6) is 1.33. The van der Waals surface area contributed by atoms with E-state index in [1.165, 1.54) is 12.1 Å². The maximum Gasteiger partial charge on any atom is 0.271 e. The van der Waals surface area contributed by atoms with Gasteiger partial charge in [0.25, 0.3) is 5.69 Å². The van der Waals surface area contributed by atoms with Crippen molar-refractivity contribution in [2.75, 3.05) is 25.0 Å². The number of pyridine rings is 1. The number of non-ortho nitro benzene ring substituents is 1. The summed E-state index contributed by atoms with van der Waals surface area (Å²) in [5, 5.41) is 18.1. The summed E-state index contributed by atoms with van der Waals surface area (Å²) < 4.78 is 11.6. The molecule has 0 spiro atoms. The molecular formula is C23H26Cl4N4O4. The Labute approximate surface area is 226 Å². The van der Waals surface area contributed by atoms with E-state index < -0.39 is 4.92 Å². The smallest absolute Gasteiger partial charge is 0.271 e. The summed E-state index contributed by atoms with van der Waals surface area (Å²) >= 11 is 11.9. The molecule has 0 atom stereocenters. The number of hydrogen-bond donors (Lipinski definition) is 2. The molecule has 0 unspecified atom stereocenters. The van der Waals surface area contributed by atoms with Gasteiger partial charge < -0.3 is 20.1 Å². The summed E-state index contributed by atoms with van der Waals surface area (Å²) in [6.45, 7) is 4.71. The monoisotopic (exact) mass is 562 g/mol. The molecule has 0 aliphatic rings. The van der Waals surface area contributed by atoms with Crippen molar-refractivity contribution in [1.29, 1.82) is 0 Å². The summed E-state index contributed by atoms with van der Waals surface area (Å²) in [5.41, 5.74) is 2.58. The molecule has 0 fully saturated rings. The molecule has 2 N–H and O–H groups in total. The van der Waals surface area contributed by atoms with Gasteiger partial charge in [-0.3, -0.25) is 10.1 Å². The van der Waals surface area contributed by atoms with Gasteiger partial charge in [-0.2, -0.15) is 0 Å². The highest BCUT2D eigenvalue weighted by molar-refractivity contribution is 6.33. The maximum atomic E-state index is 10.8. The minimum absolute atomic E-state index is 0. The fourth-order valence-electron chi connectivity index (χ4n) is 2.98. The number of hydrogen-bond acceptors (Lipinski definition) is 7. The van der Waals surface area contributed by atoms with Crippen molar-refractivity contribution in [3.05, 3.63) is 86.1 Å². The molecule has 3 rings (SSSR count). The van der Waals surface area contributed by atoms with E-state index in [0.717, 1.165) is 11.1 Å². The van der Waals surface area contributed by atoms with Gasteiger partial charge in [-0.1, -0.05) is 35.3 Å². The van der Waals surface area contributed by atoms with Crippen molar-refractivity contribution in [2.24, 2.45) is 0 Å². The van der Waals surface area contributed by atoms with Gasteiger partial charge in [0.05, 0.1) is 22.2 Å². The fraction of sp³-hybridized carbons (Fsp3) is 0.261. The minimum atomic E-state index is -0.473. The van der Waals surface area contributed by atoms with Crippen molar-refractivity contribution >= 4 is 59.4 Å². The van der Waals surface area contributed by atoms with Crippen LogP contribution in [0.1, 0.15) is 18.1 Å². The van der Waals surface area contributed by atoms with E-state index in [9.17, 15) is 10.1 Å². The third-order valence-electron chi connectivity index (χ3n) is 4.60. The highest BCUT2D eigenvalue weighted by Gasteiger charge is 2.10. The van der Waals surface area contributed by atoms with Crippen LogP contribution in [0.3, 0.4) is 0 Å². The van der Waals surface area contributed by atoms with Crippen LogP contribution in [0.25, 0.3) is 0 Å². The normalized spacial score (nSPS) is 10.0. The molecule has 190 valence electrons. The van der Waals surface area contributed by atoms with Crippen LogP contribution in [-0.2, 0) is 13.2 Å². The second kappa shape index (κ2) is 15.5. The van der Waals surface area contributed by atoms with E-state index in [0.29, 0.717) is 60.2 Å². The standard InChI is InChI=1S/C23H24Cl2N4O4.2ClH/c1-2-32-22-11-16(3-7-21(22)33-15-17-4-8-23(25)28-14-17)13-26-9-10-27-20-6-5-18(29(30)31)12-19(20)24;;/h3-8,11-12,14,26-27H,2,9-10,13,15H2,1H3;2*1H. The molecule has 0 aliphatic heterocycles. The van der Waals surface area contributed by atoms with E-state index in [1.807, 2.05) is 31.2 Å². The zero-order valence-corrected chi connectivity index (χ0v) is 22.0. The Morgan fingerprint density at radius 2 is 1.74 bits per heavy atom. The lowest BCUT2D eigenvalue weighted by Gasteiger charge is -2.14.